The van der Waals surface area contributed by atoms with Gasteiger partial charge in [0.2, 0.25) is 11.8 Å². The van der Waals surface area contributed by atoms with Crippen molar-refractivity contribution in [3.63, 3.8) is 0 Å². The van der Waals surface area contributed by atoms with Crippen LogP contribution in [-0.4, -0.2) is 36.4 Å². The van der Waals surface area contributed by atoms with Gasteiger partial charge in [0.05, 0.1) is 13.7 Å². The number of ether oxygens (including phenoxy) is 1. The Morgan fingerprint density at radius 3 is 2.90 bits per heavy atom. The molecule has 1 aliphatic rings. The first-order valence-electron chi connectivity index (χ1n) is 6.85. The van der Waals surface area contributed by atoms with E-state index in [1.165, 1.54) is 0 Å². The molecule has 1 heterocycles. The maximum absolute atomic E-state index is 12.1. The van der Waals surface area contributed by atoms with Crippen LogP contribution in [0.4, 0.5) is 0 Å². The molecular formula is C15H20N2O3. The van der Waals surface area contributed by atoms with Gasteiger partial charge in [-0.05, 0) is 24.1 Å². The minimum atomic E-state index is -0.368. The fourth-order valence-electron chi connectivity index (χ4n) is 2.42. The number of piperazine rings is 1. The van der Waals surface area contributed by atoms with E-state index in [0.717, 1.165) is 17.7 Å². The Kier molecular flexibility index (Phi) is 4.61. The van der Waals surface area contributed by atoms with Crippen LogP contribution in [0.1, 0.15) is 25.3 Å². The largest absolute Gasteiger partial charge is 0.497 e. The van der Waals surface area contributed by atoms with Crippen LogP contribution < -0.4 is 10.1 Å². The first-order valence-corrected chi connectivity index (χ1v) is 6.85. The third kappa shape index (κ3) is 3.10. The second-order valence-electron chi connectivity index (χ2n) is 4.90. The highest BCUT2D eigenvalue weighted by molar-refractivity contribution is 5.94. The van der Waals surface area contributed by atoms with Gasteiger partial charge in [-0.15, -0.1) is 0 Å². The van der Waals surface area contributed by atoms with Gasteiger partial charge >= 0.3 is 0 Å². The average Bonchev–Trinajstić information content (AvgIpc) is 2.47. The van der Waals surface area contributed by atoms with Crippen molar-refractivity contribution in [2.45, 2.75) is 32.4 Å². The van der Waals surface area contributed by atoms with E-state index in [1.54, 1.807) is 12.0 Å². The van der Waals surface area contributed by atoms with Crippen molar-refractivity contribution in [3.05, 3.63) is 29.8 Å². The first kappa shape index (κ1) is 14.4. The molecule has 0 saturated carbocycles. The number of hydrogen-bond acceptors (Lipinski definition) is 3. The van der Waals surface area contributed by atoms with Gasteiger partial charge in [-0.3, -0.25) is 9.59 Å². The lowest BCUT2D eigenvalue weighted by atomic mass is 10.1. The predicted octanol–water partition coefficient (Wildman–Crippen LogP) is 1.32. The fraction of sp³-hybridized carbons (Fsp3) is 0.467. The number of nitrogens with zero attached hydrogens (tertiary/aromatic N) is 1. The summed E-state index contributed by atoms with van der Waals surface area (Å²) >= 11 is 0. The van der Waals surface area contributed by atoms with Gasteiger partial charge in [0.1, 0.15) is 11.8 Å². The van der Waals surface area contributed by atoms with Crippen LogP contribution in [0.15, 0.2) is 24.3 Å². The van der Waals surface area contributed by atoms with Crippen LogP contribution in [-0.2, 0) is 16.1 Å². The summed E-state index contributed by atoms with van der Waals surface area (Å²) in [5, 5.41) is 2.65. The second-order valence-corrected chi connectivity index (χ2v) is 4.90. The van der Waals surface area contributed by atoms with Crippen molar-refractivity contribution in [2.75, 3.05) is 13.7 Å². The third-order valence-electron chi connectivity index (χ3n) is 3.46. The molecule has 2 amide bonds. The highest BCUT2D eigenvalue weighted by atomic mass is 16.5. The molecule has 20 heavy (non-hydrogen) atoms. The summed E-state index contributed by atoms with van der Waals surface area (Å²) in [6.45, 7) is 2.53. The number of amides is 2. The highest BCUT2D eigenvalue weighted by Crippen LogP contribution is 2.19. The number of carbonyl (C=O) groups excluding carboxylic acids is 2. The van der Waals surface area contributed by atoms with Crippen LogP contribution in [0.25, 0.3) is 0 Å². The topological polar surface area (TPSA) is 58.6 Å². The molecule has 5 nitrogen and oxygen atoms in total. The third-order valence-corrected chi connectivity index (χ3v) is 3.46. The summed E-state index contributed by atoms with van der Waals surface area (Å²) in [4.78, 5) is 25.7. The Labute approximate surface area is 118 Å². The molecule has 1 aromatic rings. The predicted molar refractivity (Wildman–Crippen MR) is 75.2 cm³/mol. The van der Waals surface area contributed by atoms with E-state index in [1.807, 2.05) is 31.2 Å². The monoisotopic (exact) mass is 276 g/mol. The van der Waals surface area contributed by atoms with Gasteiger partial charge in [0, 0.05) is 6.54 Å². The summed E-state index contributed by atoms with van der Waals surface area (Å²) in [6.07, 6.45) is 1.54. The van der Waals surface area contributed by atoms with Crippen molar-refractivity contribution in [1.29, 1.82) is 0 Å². The van der Waals surface area contributed by atoms with Crippen LogP contribution in [0.2, 0.25) is 0 Å². The molecule has 0 radical (unpaired) electrons. The van der Waals surface area contributed by atoms with Crippen molar-refractivity contribution in [3.8, 4) is 5.75 Å². The smallest absolute Gasteiger partial charge is 0.243 e. The average molecular weight is 276 g/mol. The number of benzene rings is 1. The maximum Gasteiger partial charge on any atom is 0.243 e. The molecule has 2 rings (SSSR count). The summed E-state index contributed by atoms with van der Waals surface area (Å²) in [5.41, 5.74) is 0.966. The molecule has 0 bridgehead atoms. The number of rotatable bonds is 5. The van der Waals surface area contributed by atoms with E-state index in [0.29, 0.717) is 13.0 Å². The Hall–Kier alpha value is -2.04. The molecule has 1 fully saturated rings. The Morgan fingerprint density at radius 1 is 1.40 bits per heavy atom. The fourth-order valence-corrected chi connectivity index (χ4v) is 2.42. The summed E-state index contributed by atoms with van der Waals surface area (Å²) in [5.74, 6) is 0.656. The molecule has 1 unspecified atom stereocenters. The molecule has 1 aromatic carbocycles. The van der Waals surface area contributed by atoms with E-state index in [9.17, 15) is 9.59 Å². The summed E-state index contributed by atoms with van der Waals surface area (Å²) < 4.78 is 5.18. The van der Waals surface area contributed by atoms with Gasteiger partial charge in [-0.1, -0.05) is 25.5 Å². The van der Waals surface area contributed by atoms with Gasteiger partial charge in [0.15, 0.2) is 0 Å². The zero-order valence-electron chi connectivity index (χ0n) is 11.9. The SMILES string of the molecule is CCCC1C(=O)NCC(=O)N1Cc1cccc(OC)c1. The first-order chi connectivity index (χ1) is 9.65. The molecule has 5 heteroatoms. The minimum absolute atomic E-state index is 0.0362. The van der Waals surface area contributed by atoms with Crippen molar-refractivity contribution in [2.24, 2.45) is 0 Å². The molecule has 0 aliphatic carbocycles. The molecule has 1 atom stereocenters. The van der Waals surface area contributed by atoms with Gasteiger partial charge in [-0.2, -0.15) is 0 Å². The van der Waals surface area contributed by atoms with Crippen molar-refractivity contribution in [1.82, 2.24) is 10.2 Å². The zero-order valence-corrected chi connectivity index (χ0v) is 11.9. The molecular weight excluding hydrogens is 256 g/mol. The maximum atomic E-state index is 12.1. The quantitative estimate of drug-likeness (QED) is 0.882. The Bertz CT molecular complexity index is 502. The van der Waals surface area contributed by atoms with E-state index < -0.39 is 0 Å². The molecule has 0 aromatic heterocycles. The van der Waals surface area contributed by atoms with Crippen molar-refractivity contribution >= 4 is 11.8 Å². The molecule has 108 valence electrons. The lowest BCUT2D eigenvalue weighted by Gasteiger charge is -2.35. The molecule has 1 N–H and O–H groups in total. The normalized spacial score (nSPS) is 18.9. The van der Waals surface area contributed by atoms with Crippen LogP contribution in [0, 0.1) is 0 Å². The van der Waals surface area contributed by atoms with Gasteiger partial charge in [0.25, 0.3) is 0 Å². The highest BCUT2D eigenvalue weighted by Gasteiger charge is 2.33. The van der Waals surface area contributed by atoms with E-state index in [-0.39, 0.29) is 24.4 Å². The van der Waals surface area contributed by atoms with Crippen molar-refractivity contribution < 1.29 is 14.3 Å². The molecule has 1 saturated heterocycles. The van der Waals surface area contributed by atoms with Crippen LogP contribution in [0.5, 0.6) is 5.75 Å². The lowest BCUT2D eigenvalue weighted by molar-refractivity contribution is -0.146. The lowest BCUT2D eigenvalue weighted by Crippen LogP contribution is -2.57. The summed E-state index contributed by atoms with van der Waals surface area (Å²) in [6, 6.07) is 7.20. The number of hydrogen-bond donors (Lipinski definition) is 1. The standard InChI is InChI=1S/C15H20N2O3/c1-3-5-13-15(19)16-9-14(18)17(13)10-11-6-4-7-12(8-11)20-2/h4,6-8,13H,3,5,9-10H2,1-2H3,(H,16,19). The summed E-state index contributed by atoms with van der Waals surface area (Å²) in [7, 11) is 1.61. The second kappa shape index (κ2) is 6.41. The van der Waals surface area contributed by atoms with Crippen LogP contribution >= 0.6 is 0 Å². The van der Waals surface area contributed by atoms with Gasteiger partial charge < -0.3 is 15.0 Å². The van der Waals surface area contributed by atoms with E-state index in [2.05, 4.69) is 5.32 Å². The Balaban J connectivity index is 2.18. The number of methoxy groups -OCH3 is 1. The number of carbonyl (C=O) groups is 2. The zero-order chi connectivity index (χ0) is 14.5. The Morgan fingerprint density at radius 2 is 2.20 bits per heavy atom. The molecule has 1 aliphatic heterocycles. The van der Waals surface area contributed by atoms with E-state index >= 15 is 0 Å². The van der Waals surface area contributed by atoms with Gasteiger partial charge in [-0.25, -0.2) is 0 Å². The minimum Gasteiger partial charge on any atom is -0.497 e. The number of nitrogens with one attached hydrogen (secondary N) is 1. The molecule has 0 spiro atoms. The van der Waals surface area contributed by atoms with E-state index in [4.69, 9.17) is 4.74 Å². The van der Waals surface area contributed by atoms with Crippen LogP contribution in [0.3, 0.4) is 0 Å².